The molecule has 1 N–H and O–H groups in total. The largest absolute Gasteiger partial charge is 0.382 e. The summed E-state index contributed by atoms with van der Waals surface area (Å²) in [5.74, 6) is 0. The third-order valence-corrected chi connectivity index (χ3v) is 5.20. The lowest BCUT2D eigenvalue weighted by atomic mass is 10.1. The number of rotatable bonds is 5. The average molecular weight is 330 g/mol. The van der Waals surface area contributed by atoms with Crippen LogP contribution in [0.1, 0.15) is 18.1 Å². The number of nitrogens with zero attached hydrogens (tertiary/aromatic N) is 2. The number of piperazine rings is 1. The maximum atomic E-state index is 3.68. The van der Waals surface area contributed by atoms with Gasteiger partial charge in [-0.05, 0) is 73.5 Å². The SMILES string of the molecule is Cc1cc(N[C@H](C)Cc2ccsc2)cc(N2CCN(C)CC2)c1. The Bertz CT molecular complexity index is 616. The Morgan fingerprint density at radius 1 is 1.17 bits per heavy atom. The van der Waals surface area contributed by atoms with Crippen LogP contribution in [0, 0.1) is 6.92 Å². The summed E-state index contributed by atoms with van der Waals surface area (Å²) < 4.78 is 0. The molecule has 1 aromatic heterocycles. The monoisotopic (exact) mass is 329 g/mol. The first-order valence-corrected chi connectivity index (χ1v) is 9.37. The molecule has 1 aliphatic rings. The van der Waals surface area contributed by atoms with E-state index in [-0.39, 0.29) is 0 Å². The van der Waals surface area contributed by atoms with E-state index < -0.39 is 0 Å². The van der Waals surface area contributed by atoms with Crippen LogP contribution in [0.2, 0.25) is 0 Å². The van der Waals surface area contributed by atoms with E-state index in [1.807, 2.05) is 0 Å². The van der Waals surface area contributed by atoms with Gasteiger partial charge in [-0.1, -0.05) is 0 Å². The van der Waals surface area contributed by atoms with Crippen molar-refractivity contribution in [3.05, 3.63) is 46.2 Å². The summed E-state index contributed by atoms with van der Waals surface area (Å²) in [6, 6.07) is 9.52. The summed E-state index contributed by atoms with van der Waals surface area (Å²) in [5, 5.41) is 8.07. The molecule has 23 heavy (non-hydrogen) atoms. The lowest BCUT2D eigenvalue weighted by Gasteiger charge is -2.34. The second-order valence-corrected chi connectivity index (χ2v) is 7.51. The molecular formula is C19H27N3S. The van der Waals surface area contributed by atoms with Gasteiger partial charge in [-0.2, -0.15) is 11.3 Å². The molecule has 3 rings (SSSR count). The third-order valence-electron chi connectivity index (χ3n) is 4.47. The zero-order chi connectivity index (χ0) is 16.2. The third kappa shape index (κ3) is 4.49. The van der Waals surface area contributed by atoms with Crippen molar-refractivity contribution in [3.63, 3.8) is 0 Å². The minimum absolute atomic E-state index is 0.437. The van der Waals surface area contributed by atoms with Crippen molar-refractivity contribution in [1.82, 2.24) is 4.90 Å². The Hall–Kier alpha value is -1.52. The molecule has 1 saturated heterocycles. The van der Waals surface area contributed by atoms with Gasteiger partial charge in [-0.15, -0.1) is 0 Å². The van der Waals surface area contributed by atoms with E-state index >= 15 is 0 Å². The Balaban J connectivity index is 1.67. The van der Waals surface area contributed by atoms with Gasteiger partial charge in [0, 0.05) is 43.6 Å². The molecule has 0 aliphatic carbocycles. The summed E-state index contributed by atoms with van der Waals surface area (Å²) in [7, 11) is 2.20. The number of nitrogens with one attached hydrogen (secondary N) is 1. The molecule has 2 heterocycles. The first-order chi connectivity index (χ1) is 11.1. The Kier molecular flexibility index (Phi) is 5.23. The van der Waals surface area contributed by atoms with Gasteiger partial charge in [0.05, 0.1) is 0 Å². The number of anilines is 2. The van der Waals surface area contributed by atoms with Crippen LogP contribution in [0.3, 0.4) is 0 Å². The zero-order valence-corrected chi connectivity index (χ0v) is 15.2. The van der Waals surface area contributed by atoms with Crippen molar-refractivity contribution in [2.75, 3.05) is 43.4 Å². The normalized spacial score (nSPS) is 17.3. The van der Waals surface area contributed by atoms with Crippen molar-refractivity contribution in [2.45, 2.75) is 26.3 Å². The first kappa shape index (κ1) is 16.3. The van der Waals surface area contributed by atoms with Crippen LogP contribution in [-0.2, 0) is 6.42 Å². The highest BCUT2D eigenvalue weighted by Gasteiger charge is 2.15. The van der Waals surface area contributed by atoms with E-state index in [2.05, 4.69) is 71.0 Å². The number of hydrogen-bond donors (Lipinski definition) is 1. The van der Waals surface area contributed by atoms with Crippen molar-refractivity contribution in [2.24, 2.45) is 0 Å². The minimum Gasteiger partial charge on any atom is -0.382 e. The second-order valence-electron chi connectivity index (χ2n) is 6.73. The summed E-state index contributed by atoms with van der Waals surface area (Å²) in [6.07, 6.45) is 1.07. The molecule has 124 valence electrons. The molecule has 0 spiro atoms. The highest BCUT2D eigenvalue weighted by atomic mass is 32.1. The van der Waals surface area contributed by atoms with Crippen LogP contribution >= 0.6 is 11.3 Å². The predicted octanol–water partition coefficient (Wildman–Crippen LogP) is 3.85. The topological polar surface area (TPSA) is 18.5 Å². The lowest BCUT2D eigenvalue weighted by molar-refractivity contribution is 0.313. The summed E-state index contributed by atoms with van der Waals surface area (Å²) in [4.78, 5) is 4.90. The molecule has 1 aromatic carbocycles. The van der Waals surface area contributed by atoms with Crippen molar-refractivity contribution < 1.29 is 0 Å². The van der Waals surface area contributed by atoms with Gasteiger partial charge in [-0.25, -0.2) is 0 Å². The minimum atomic E-state index is 0.437. The predicted molar refractivity (Wildman–Crippen MR) is 102 cm³/mol. The fourth-order valence-corrected chi connectivity index (χ4v) is 3.87. The maximum absolute atomic E-state index is 3.68. The average Bonchev–Trinajstić information content (AvgIpc) is 3.00. The van der Waals surface area contributed by atoms with Crippen molar-refractivity contribution >= 4 is 22.7 Å². The molecule has 0 amide bonds. The highest BCUT2D eigenvalue weighted by molar-refractivity contribution is 7.07. The standard InChI is InChI=1S/C19H27N3S/c1-15-10-18(20-16(2)12-17-4-9-23-14-17)13-19(11-15)22-7-5-21(3)6-8-22/h4,9-11,13-14,16,20H,5-8,12H2,1-3H3/t16-/m1/s1. The lowest BCUT2D eigenvalue weighted by Crippen LogP contribution is -2.44. The van der Waals surface area contributed by atoms with E-state index in [9.17, 15) is 0 Å². The van der Waals surface area contributed by atoms with Crippen LogP contribution in [0.25, 0.3) is 0 Å². The van der Waals surface area contributed by atoms with Crippen molar-refractivity contribution in [3.8, 4) is 0 Å². The van der Waals surface area contributed by atoms with Gasteiger partial charge in [-0.3, -0.25) is 0 Å². The Morgan fingerprint density at radius 3 is 2.65 bits per heavy atom. The summed E-state index contributed by atoms with van der Waals surface area (Å²) in [5.41, 5.74) is 5.33. The van der Waals surface area contributed by atoms with Crippen LogP contribution < -0.4 is 10.2 Å². The zero-order valence-electron chi connectivity index (χ0n) is 14.4. The van der Waals surface area contributed by atoms with E-state index in [4.69, 9.17) is 0 Å². The molecule has 0 saturated carbocycles. The molecule has 0 unspecified atom stereocenters. The smallest absolute Gasteiger partial charge is 0.0390 e. The number of aryl methyl sites for hydroxylation is 1. The molecule has 1 fully saturated rings. The summed E-state index contributed by atoms with van der Waals surface area (Å²) in [6.45, 7) is 8.97. The van der Waals surface area contributed by atoms with Gasteiger partial charge in [0.25, 0.3) is 0 Å². The molecule has 0 radical (unpaired) electrons. The van der Waals surface area contributed by atoms with E-state index in [0.29, 0.717) is 6.04 Å². The van der Waals surface area contributed by atoms with Crippen LogP contribution in [0.5, 0.6) is 0 Å². The fraction of sp³-hybridized carbons (Fsp3) is 0.474. The molecule has 1 atom stereocenters. The maximum Gasteiger partial charge on any atom is 0.0390 e. The second kappa shape index (κ2) is 7.37. The van der Waals surface area contributed by atoms with E-state index in [1.165, 1.54) is 22.5 Å². The van der Waals surface area contributed by atoms with E-state index in [0.717, 1.165) is 32.6 Å². The van der Waals surface area contributed by atoms with Gasteiger partial charge >= 0.3 is 0 Å². The molecule has 2 aromatic rings. The Labute approximate surface area is 143 Å². The number of thiophene rings is 1. The first-order valence-electron chi connectivity index (χ1n) is 8.43. The molecular weight excluding hydrogens is 302 g/mol. The number of likely N-dealkylation sites (N-methyl/N-ethyl adjacent to an activating group) is 1. The van der Waals surface area contributed by atoms with Crippen LogP contribution in [0.4, 0.5) is 11.4 Å². The van der Waals surface area contributed by atoms with Crippen molar-refractivity contribution in [1.29, 1.82) is 0 Å². The van der Waals surface area contributed by atoms with Gasteiger partial charge in [0.2, 0.25) is 0 Å². The Morgan fingerprint density at radius 2 is 1.96 bits per heavy atom. The number of benzene rings is 1. The molecule has 1 aliphatic heterocycles. The number of hydrogen-bond acceptors (Lipinski definition) is 4. The summed E-state index contributed by atoms with van der Waals surface area (Å²) >= 11 is 1.77. The van der Waals surface area contributed by atoms with Gasteiger partial charge in [0.15, 0.2) is 0 Å². The fourth-order valence-electron chi connectivity index (χ4n) is 3.19. The van der Waals surface area contributed by atoms with E-state index in [1.54, 1.807) is 11.3 Å². The molecule has 3 nitrogen and oxygen atoms in total. The molecule has 0 bridgehead atoms. The van der Waals surface area contributed by atoms with Gasteiger partial charge in [0.1, 0.15) is 0 Å². The van der Waals surface area contributed by atoms with Gasteiger partial charge < -0.3 is 15.1 Å². The quantitative estimate of drug-likeness (QED) is 0.899. The highest BCUT2D eigenvalue weighted by Crippen LogP contribution is 2.24. The van der Waals surface area contributed by atoms with Crippen LogP contribution in [0.15, 0.2) is 35.0 Å². The van der Waals surface area contributed by atoms with Crippen LogP contribution in [-0.4, -0.2) is 44.2 Å². The molecule has 4 heteroatoms.